The fraction of sp³-hybridized carbons (Fsp3) is 0.333. The Morgan fingerprint density at radius 3 is 2.56 bits per heavy atom. The van der Waals surface area contributed by atoms with Crippen molar-refractivity contribution in [1.29, 1.82) is 0 Å². The van der Waals surface area contributed by atoms with E-state index < -0.39 is 11.0 Å². The number of hydrogen-bond donors (Lipinski definition) is 3. The van der Waals surface area contributed by atoms with Gasteiger partial charge >= 0.3 is 0 Å². The molecular weight excluding hydrogens is 234 g/mol. The molecule has 0 amide bonds. The van der Waals surface area contributed by atoms with Gasteiger partial charge in [0.05, 0.1) is 29.5 Å². The highest BCUT2D eigenvalue weighted by atomic mass is 16.3. The van der Waals surface area contributed by atoms with Gasteiger partial charge in [-0.05, 0) is 19.1 Å². The molecule has 1 aromatic carbocycles. The number of fused-ring (bicyclic) bond motifs is 1. The van der Waals surface area contributed by atoms with Crippen molar-refractivity contribution >= 4 is 10.9 Å². The fourth-order valence-electron chi connectivity index (χ4n) is 1.76. The molecule has 0 aliphatic carbocycles. The molecule has 0 aliphatic heterocycles. The van der Waals surface area contributed by atoms with Crippen molar-refractivity contribution in [2.24, 2.45) is 0 Å². The van der Waals surface area contributed by atoms with Crippen LogP contribution in [0, 0.1) is 0 Å². The van der Waals surface area contributed by atoms with Crippen molar-refractivity contribution in [3.63, 3.8) is 0 Å². The van der Waals surface area contributed by atoms with Crippen molar-refractivity contribution in [1.82, 2.24) is 9.66 Å². The summed E-state index contributed by atoms with van der Waals surface area (Å²) >= 11 is 0. The molecule has 6 heteroatoms. The Balaban J connectivity index is 2.81. The van der Waals surface area contributed by atoms with Crippen LogP contribution in [0.3, 0.4) is 0 Å². The normalized spacial score (nSPS) is 11.9. The summed E-state index contributed by atoms with van der Waals surface area (Å²) in [4.78, 5) is 16.3. The molecule has 18 heavy (non-hydrogen) atoms. The average Bonchev–Trinajstić information content (AvgIpc) is 2.42. The first-order chi connectivity index (χ1) is 8.53. The van der Waals surface area contributed by atoms with Gasteiger partial charge in [-0.2, -0.15) is 0 Å². The van der Waals surface area contributed by atoms with Crippen LogP contribution in [0.2, 0.25) is 0 Å². The Kier molecular flexibility index (Phi) is 3.06. The summed E-state index contributed by atoms with van der Waals surface area (Å²) in [7, 11) is 0. The smallest absolute Gasteiger partial charge is 0.279 e. The number of aliphatic hydroxyl groups is 2. The van der Waals surface area contributed by atoms with E-state index >= 15 is 0 Å². The molecule has 0 fully saturated rings. The minimum atomic E-state index is -1.06. The van der Waals surface area contributed by atoms with Crippen LogP contribution in [0.5, 0.6) is 0 Å². The third-order valence-corrected chi connectivity index (χ3v) is 3.05. The number of aliphatic hydroxyl groups excluding tert-OH is 2. The van der Waals surface area contributed by atoms with Crippen LogP contribution in [-0.2, 0) is 5.41 Å². The first kappa shape index (κ1) is 12.5. The van der Waals surface area contributed by atoms with Crippen LogP contribution in [0.1, 0.15) is 12.7 Å². The largest absolute Gasteiger partial charge is 0.395 e. The van der Waals surface area contributed by atoms with E-state index in [1.165, 1.54) is 0 Å². The van der Waals surface area contributed by atoms with Gasteiger partial charge < -0.3 is 16.1 Å². The van der Waals surface area contributed by atoms with Gasteiger partial charge in [0.2, 0.25) is 0 Å². The monoisotopic (exact) mass is 249 g/mol. The number of para-hydroxylation sites is 1. The van der Waals surface area contributed by atoms with E-state index in [0.29, 0.717) is 10.9 Å². The van der Waals surface area contributed by atoms with Gasteiger partial charge in [-0.3, -0.25) is 4.79 Å². The molecule has 0 aliphatic rings. The summed E-state index contributed by atoms with van der Waals surface area (Å²) in [6.45, 7) is 0.879. The number of nitrogen functional groups attached to an aromatic ring is 1. The average molecular weight is 249 g/mol. The lowest BCUT2D eigenvalue weighted by molar-refractivity contribution is 0.121. The number of aromatic nitrogens is 2. The zero-order valence-electron chi connectivity index (χ0n) is 10.00. The minimum Gasteiger partial charge on any atom is -0.395 e. The molecule has 0 saturated heterocycles. The van der Waals surface area contributed by atoms with E-state index in [1.54, 1.807) is 31.2 Å². The van der Waals surface area contributed by atoms with Crippen LogP contribution < -0.4 is 11.4 Å². The predicted molar refractivity (Wildman–Crippen MR) is 67.7 cm³/mol. The van der Waals surface area contributed by atoms with Gasteiger partial charge in [0.1, 0.15) is 5.82 Å². The summed E-state index contributed by atoms with van der Waals surface area (Å²) in [5, 5.41) is 19.1. The first-order valence-corrected chi connectivity index (χ1v) is 5.52. The Labute approximate surface area is 103 Å². The number of hydrogen-bond acceptors (Lipinski definition) is 5. The molecule has 1 heterocycles. The molecule has 0 unspecified atom stereocenters. The van der Waals surface area contributed by atoms with Crippen LogP contribution in [0.25, 0.3) is 10.9 Å². The maximum atomic E-state index is 12.1. The van der Waals surface area contributed by atoms with Gasteiger partial charge in [-0.1, -0.05) is 12.1 Å². The second kappa shape index (κ2) is 4.40. The van der Waals surface area contributed by atoms with Crippen molar-refractivity contribution in [2.45, 2.75) is 12.3 Å². The van der Waals surface area contributed by atoms with Crippen molar-refractivity contribution in [2.75, 3.05) is 19.1 Å². The number of nitrogens with zero attached hydrogens (tertiary/aromatic N) is 2. The summed E-state index contributed by atoms with van der Waals surface area (Å²) in [5.74, 6) is 5.87. The quantitative estimate of drug-likeness (QED) is 0.628. The molecule has 2 aromatic rings. The molecular formula is C12H15N3O3. The summed E-state index contributed by atoms with van der Waals surface area (Å²) in [6, 6.07) is 6.81. The van der Waals surface area contributed by atoms with Gasteiger partial charge in [-0.15, -0.1) is 0 Å². The lowest BCUT2D eigenvalue weighted by Gasteiger charge is -2.25. The maximum Gasteiger partial charge on any atom is 0.279 e. The maximum absolute atomic E-state index is 12.1. The van der Waals surface area contributed by atoms with E-state index in [4.69, 9.17) is 5.84 Å². The molecule has 6 nitrogen and oxygen atoms in total. The van der Waals surface area contributed by atoms with Crippen molar-refractivity contribution in [3.05, 3.63) is 40.4 Å². The highest BCUT2D eigenvalue weighted by Gasteiger charge is 2.30. The Hall–Kier alpha value is -1.92. The second-order valence-corrected chi connectivity index (χ2v) is 4.50. The molecule has 96 valence electrons. The number of rotatable bonds is 3. The van der Waals surface area contributed by atoms with Crippen LogP contribution in [-0.4, -0.2) is 33.1 Å². The molecule has 0 bridgehead atoms. The van der Waals surface area contributed by atoms with E-state index in [1.807, 2.05) is 0 Å². The van der Waals surface area contributed by atoms with Crippen molar-refractivity contribution < 1.29 is 10.2 Å². The molecule has 0 spiro atoms. The van der Waals surface area contributed by atoms with Crippen LogP contribution in [0.4, 0.5) is 0 Å². The zero-order valence-corrected chi connectivity index (χ0v) is 10.00. The number of nitrogens with two attached hydrogens (primary N) is 1. The fourth-order valence-corrected chi connectivity index (χ4v) is 1.76. The first-order valence-electron chi connectivity index (χ1n) is 5.52. The standard InChI is InChI=1S/C12H15N3O3/c1-12(6-16,7-17)11-14-9-5-3-2-4-8(9)10(18)15(11)13/h2-5,16-17H,6-7,13H2,1H3. The Morgan fingerprint density at radius 1 is 1.33 bits per heavy atom. The summed E-state index contributed by atoms with van der Waals surface area (Å²) < 4.78 is 0.884. The van der Waals surface area contributed by atoms with Gasteiger partial charge in [0, 0.05) is 0 Å². The molecule has 0 saturated carbocycles. The number of benzene rings is 1. The van der Waals surface area contributed by atoms with Crippen LogP contribution >= 0.6 is 0 Å². The summed E-state index contributed by atoms with van der Waals surface area (Å²) in [5.41, 5.74) is -0.964. The molecule has 2 rings (SSSR count). The topological polar surface area (TPSA) is 101 Å². The van der Waals surface area contributed by atoms with Gasteiger partial charge in [0.25, 0.3) is 5.56 Å². The lowest BCUT2D eigenvalue weighted by atomic mass is 9.91. The van der Waals surface area contributed by atoms with E-state index in [9.17, 15) is 15.0 Å². The van der Waals surface area contributed by atoms with Crippen molar-refractivity contribution in [3.8, 4) is 0 Å². The zero-order chi connectivity index (χ0) is 13.3. The Morgan fingerprint density at radius 2 is 1.94 bits per heavy atom. The third kappa shape index (κ3) is 1.75. The highest BCUT2D eigenvalue weighted by molar-refractivity contribution is 5.77. The molecule has 0 radical (unpaired) electrons. The molecule has 4 N–H and O–H groups in total. The van der Waals surface area contributed by atoms with Crippen LogP contribution in [0.15, 0.2) is 29.1 Å². The highest BCUT2D eigenvalue weighted by Crippen LogP contribution is 2.20. The van der Waals surface area contributed by atoms with Gasteiger partial charge in [0.15, 0.2) is 0 Å². The predicted octanol–water partition coefficient (Wildman–Crippen LogP) is -0.647. The van der Waals surface area contributed by atoms with E-state index in [2.05, 4.69) is 4.98 Å². The second-order valence-electron chi connectivity index (χ2n) is 4.50. The van der Waals surface area contributed by atoms with E-state index in [0.717, 1.165) is 4.68 Å². The SMILES string of the molecule is CC(CO)(CO)c1nc2ccccc2c(=O)n1N. The minimum absolute atomic E-state index is 0.163. The molecule has 0 atom stereocenters. The molecule has 1 aromatic heterocycles. The van der Waals surface area contributed by atoms with E-state index in [-0.39, 0.29) is 19.0 Å². The van der Waals surface area contributed by atoms with Gasteiger partial charge in [-0.25, -0.2) is 9.66 Å². The summed E-state index contributed by atoms with van der Waals surface area (Å²) in [6.07, 6.45) is 0. The third-order valence-electron chi connectivity index (χ3n) is 3.05. The Bertz CT molecular complexity index is 632. The lowest BCUT2D eigenvalue weighted by Crippen LogP contribution is -2.42.